The predicted octanol–water partition coefficient (Wildman–Crippen LogP) is 2.90. The Morgan fingerprint density at radius 1 is 1.13 bits per heavy atom. The second-order valence-electron chi connectivity index (χ2n) is 7.41. The molecular formula is C20H22N2O7S. The molecule has 2 aromatic rings. The fourth-order valence-electron chi connectivity index (χ4n) is 4.21. The van der Waals surface area contributed by atoms with Crippen molar-refractivity contribution in [3.8, 4) is 0 Å². The molecule has 4 rings (SSSR count). The van der Waals surface area contributed by atoms with Crippen LogP contribution in [-0.2, 0) is 21.4 Å². The Bertz CT molecular complexity index is 1110. The Hall–Kier alpha value is -2.85. The molecule has 1 saturated heterocycles. The number of ether oxygens (including phenoxy) is 1. The number of nitrogens with zero attached hydrogens (tertiary/aromatic N) is 2. The Balaban J connectivity index is 1.57. The number of cyclic esters (lactones) is 1. The van der Waals surface area contributed by atoms with Crippen molar-refractivity contribution >= 4 is 27.8 Å². The van der Waals surface area contributed by atoms with Crippen LogP contribution in [0.25, 0.3) is 0 Å². The van der Waals surface area contributed by atoms with Crippen molar-refractivity contribution in [2.75, 3.05) is 18.0 Å². The average Bonchev–Trinajstić information content (AvgIpc) is 3.03. The summed E-state index contributed by atoms with van der Waals surface area (Å²) in [7, 11) is -4.05. The summed E-state index contributed by atoms with van der Waals surface area (Å²) in [5.41, 5.74) is 1.36. The second kappa shape index (κ2) is 7.44. The highest BCUT2D eigenvalue weighted by Gasteiger charge is 2.40. The van der Waals surface area contributed by atoms with Crippen molar-refractivity contribution in [3.63, 3.8) is 0 Å². The molecule has 0 unspecified atom stereocenters. The first-order valence-corrected chi connectivity index (χ1v) is 11.0. The lowest BCUT2D eigenvalue weighted by Crippen LogP contribution is -2.50. The molecule has 0 atom stereocenters. The van der Waals surface area contributed by atoms with Gasteiger partial charge in [0.15, 0.2) is 0 Å². The monoisotopic (exact) mass is 434 g/mol. The van der Waals surface area contributed by atoms with Crippen LogP contribution in [0.15, 0.2) is 33.6 Å². The molecule has 2 aliphatic rings. The zero-order valence-electron chi connectivity index (χ0n) is 16.6. The summed E-state index contributed by atoms with van der Waals surface area (Å²) in [5.74, 6) is -1.23. The van der Waals surface area contributed by atoms with Gasteiger partial charge < -0.3 is 14.3 Å². The first kappa shape index (κ1) is 20.4. The van der Waals surface area contributed by atoms with E-state index in [-0.39, 0.29) is 47.7 Å². The first-order valence-electron chi connectivity index (χ1n) is 9.59. The number of carbonyl (C=O) groups is 2. The van der Waals surface area contributed by atoms with Crippen LogP contribution >= 0.6 is 0 Å². The minimum atomic E-state index is -4.05. The van der Waals surface area contributed by atoms with E-state index in [1.807, 2.05) is 24.3 Å². The van der Waals surface area contributed by atoms with Gasteiger partial charge in [0.25, 0.3) is 0 Å². The number of benzene rings is 1. The van der Waals surface area contributed by atoms with Crippen LogP contribution in [0.1, 0.15) is 40.3 Å². The van der Waals surface area contributed by atoms with Crippen LogP contribution < -0.4 is 4.90 Å². The molecule has 160 valence electrons. The summed E-state index contributed by atoms with van der Waals surface area (Å²) < 4.78 is 38.2. The lowest BCUT2D eigenvalue weighted by molar-refractivity contribution is 0.0691. The molecule has 0 bridgehead atoms. The van der Waals surface area contributed by atoms with Crippen LogP contribution in [0.3, 0.4) is 0 Å². The highest BCUT2D eigenvalue weighted by molar-refractivity contribution is 7.89. The van der Waals surface area contributed by atoms with Gasteiger partial charge in [-0.3, -0.25) is 4.90 Å². The average molecular weight is 434 g/mol. The molecule has 9 nitrogen and oxygen atoms in total. The number of carboxylic acids is 1. The molecule has 1 amide bonds. The number of rotatable bonds is 4. The van der Waals surface area contributed by atoms with Gasteiger partial charge in [0.1, 0.15) is 28.6 Å². The Morgan fingerprint density at radius 3 is 2.47 bits per heavy atom. The summed E-state index contributed by atoms with van der Waals surface area (Å²) in [5, 5.41) is 9.45. The van der Waals surface area contributed by atoms with Gasteiger partial charge >= 0.3 is 12.1 Å². The molecular weight excluding hydrogens is 412 g/mol. The molecule has 0 saturated carbocycles. The minimum absolute atomic E-state index is 0.0561. The number of amides is 1. The number of carboxylic acid groups (broad SMARTS) is 1. The van der Waals surface area contributed by atoms with Gasteiger partial charge in [-0.05, 0) is 32.8 Å². The normalized spacial score (nSPS) is 18.2. The largest absolute Gasteiger partial charge is 0.478 e. The quantitative estimate of drug-likeness (QED) is 0.786. The van der Waals surface area contributed by atoms with E-state index >= 15 is 0 Å². The third-order valence-corrected chi connectivity index (χ3v) is 7.66. The van der Waals surface area contributed by atoms with E-state index in [1.165, 1.54) is 18.2 Å². The van der Waals surface area contributed by atoms with E-state index < -0.39 is 22.1 Å². The summed E-state index contributed by atoms with van der Waals surface area (Å²) in [6, 6.07) is 7.26. The summed E-state index contributed by atoms with van der Waals surface area (Å²) in [6.45, 7) is 3.40. The van der Waals surface area contributed by atoms with E-state index in [4.69, 9.17) is 9.15 Å². The maximum absolute atomic E-state index is 13.2. The fraction of sp³-hybridized carbons (Fsp3) is 0.400. The van der Waals surface area contributed by atoms with E-state index in [2.05, 4.69) is 0 Å². The third kappa shape index (κ3) is 3.25. The van der Waals surface area contributed by atoms with Gasteiger partial charge in [0.05, 0.1) is 5.69 Å². The van der Waals surface area contributed by atoms with Crippen LogP contribution in [0, 0.1) is 13.8 Å². The van der Waals surface area contributed by atoms with E-state index in [0.717, 1.165) is 11.3 Å². The number of sulfonamides is 1. The third-order valence-electron chi connectivity index (χ3n) is 5.60. The molecule has 1 aromatic heterocycles. The van der Waals surface area contributed by atoms with Crippen LogP contribution in [0.4, 0.5) is 10.5 Å². The van der Waals surface area contributed by atoms with Crippen LogP contribution in [-0.4, -0.2) is 49.0 Å². The van der Waals surface area contributed by atoms with Crippen molar-refractivity contribution in [3.05, 3.63) is 46.9 Å². The fourth-order valence-corrected chi connectivity index (χ4v) is 6.06. The molecule has 0 spiro atoms. The van der Waals surface area contributed by atoms with Crippen molar-refractivity contribution in [1.29, 1.82) is 0 Å². The topological polar surface area (TPSA) is 117 Å². The number of aryl methyl sites for hydroxylation is 2. The van der Waals surface area contributed by atoms with Crippen molar-refractivity contribution in [2.45, 2.75) is 44.2 Å². The van der Waals surface area contributed by atoms with Gasteiger partial charge in [-0.2, -0.15) is 4.31 Å². The lowest BCUT2D eigenvalue weighted by Gasteiger charge is -2.39. The number of carbonyl (C=O) groups excluding carboxylic acids is 1. The maximum atomic E-state index is 13.2. The van der Waals surface area contributed by atoms with Crippen LogP contribution in [0.2, 0.25) is 0 Å². The number of fused-ring (bicyclic) bond motifs is 1. The minimum Gasteiger partial charge on any atom is -0.478 e. The first-order chi connectivity index (χ1) is 14.2. The van der Waals surface area contributed by atoms with Gasteiger partial charge in [-0.1, -0.05) is 18.2 Å². The summed E-state index contributed by atoms with van der Waals surface area (Å²) >= 11 is 0. The van der Waals surface area contributed by atoms with Crippen molar-refractivity contribution in [2.24, 2.45) is 0 Å². The number of piperidine rings is 1. The highest BCUT2D eigenvalue weighted by Crippen LogP contribution is 2.34. The number of anilines is 1. The molecule has 0 aliphatic carbocycles. The van der Waals surface area contributed by atoms with Crippen molar-refractivity contribution < 1.29 is 32.3 Å². The van der Waals surface area contributed by atoms with Gasteiger partial charge in [0.2, 0.25) is 10.0 Å². The number of furan rings is 1. The van der Waals surface area contributed by atoms with Gasteiger partial charge in [-0.25, -0.2) is 18.0 Å². The summed E-state index contributed by atoms with van der Waals surface area (Å²) in [6.07, 6.45) is 0.367. The summed E-state index contributed by atoms with van der Waals surface area (Å²) in [4.78, 5) is 25.3. The predicted molar refractivity (Wildman–Crippen MR) is 106 cm³/mol. The highest BCUT2D eigenvalue weighted by atomic mass is 32.2. The molecule has 1 fully saturated rings. The van der Waals surface area contributed by atoms with E-state index in [9.17, 15) is 23.1 Å². The molecule has 2 aliphatic heterocycles. The molecule has 30 heavy (non-hydrogen) atoms. The van der Waals surface area contributed by atoms with Crippen LogP contribution in [0.5, 0.6) is 0 Å². The number of hydrogen-bond donors (Lipinski definition) is 1. The van der Waals surface area contributed by atoms with Crippen molar-refractivity contribution in [1.82, 2.24) is 4.31 Å². The lowest BCUT2D eigenvalue weighted by atomic mass is 10.0. The SMILES string of the molecule is Cc1oc(C)c(S(=O)(=O)N2CCC(N3C(=O)OCc4ccccc43)CC2)c1C(=O)O. The second-order valence-corrected chi connectivity index (χ2v) is 9.29. The number of aromatic carboxylic acids is 1. The van der Waals surface area contributed by atoms with Gasteiger partial charge in [-0.15, -0.1) is 0 Å². The van der Waals surface area contributed by atoms with Gasteiger partial charge in [0, 0.05) is 24.7 Å². The molecule has 1 N–H and O–H groups in total. The smallest absolute Gasteiger partial charge is 0.414 e. The molecule has 1 aromatic carbocycles. The van der Waals surface area contributed by atoms with E-state index in [1.54, 1.807) is 4.90 Å². The maximum Gasteiger partial charge on any atom is 0.414 e. The zero-order chi connectivity index (χ0) is 21.6. The number of hydrogen-bond acceptors (Lipinski definition) is 6. The standard InChI is InChI=1S/C20H22N2O7S/c1-12-17(19(23)24)18(13(2)29-12)30(26,27)21-9-7-15(8-10-21)22-16-6-4-3-5-14(16)11-28-20(22)25/h3-6,15H,7-11H2,1-2H3,(H,23,24). The molecule has 3 heterocycles. The molecule has 0 radical (unpaired) electrons. The Morgan fingerprint density at radius 2 is 1.80 bits per heavy atom. The molecule has 10 heteroatoms. The Labute approximate surface area is 173 Å². The van der Waals surface area contributed by atoms with E-state index in [0.29, 0.717) is 12.8 Å². The zero-order valence-corrected chi connectivity index (χ0v) is 17.4. The number of para-hydroxylation sites is 1. The Kier molecular flexibility index (Phi) is 5.07.